The number of ether oxygens (including phenoxy) is 1. The van der Waals surface area contributed by atoms with Crippen molar-refractivity contribution in [2.24, 2.45) is 0 Å². The van der Waals surface area contributed by atoms with Crippen molar-refractivity contribution < 1.29 is 9.53 Å². The van der Waals surface area contributed by atoms with E-state index in [1.165, 1.54) is 7.11 Å². The molecule has 1 N–H and O–H groups in total. The van der Waals surface area contributed by atoms with Crippen LogP contribution in [0.15, 0.2) is 16.6 Å². The number of halogens is 2. The van der Waals surface area contributed by atoms with Crippen LogP contribution < -0.4 is 10.1 Å². The van der Waals surface area contributed by atoms with Crippen LogP contribution in [0.4, 0.5) is 5.69 Å². The van der Waals surface area contributed by atoms with Gasteiger partial charge in [0.05, 0.1) is 29.1 Å². The van der Waals surface area contributed by atoms with Crippen LogP contribution >= 0.6 is 27.5 Å². The van der Waals surface area contributed by atoms with Gasteiger partial charge in [-0.2, -0.15) is 0 Å². The molecule has 0 radical (unpaired) electrons. The Morgan fingerprint density at radius 3 is 2.24 bits per heavy atom. The van der Waals surface area contributed by atoms with Gasteiger partial charge in [0.1, 0.15) is 0 Å². The average Bonchev–Trinajstić information content (AvgIpc) is 2.55. The van der Waals surface area contributed by atoms with Gasteiger partial charge in [0.25, 0.3) is 5.91 Å². The highest BCUT2D eigenvalue weighted by molar-refractivity contribution is 9.10. The summed E-state index contributed by atoms with van der Waals surface area (Å²) in [5.41, 5.74) is 4.56. The number of amides is 1. The zero-order valence-electron chi connectivity index (χ0n) is 15.1. The van der Waals surface area contributed by atoms with Crippen LogP contribution in [0.1, 0.15) is 46.7 Å². The lowest BCUT2D eigenvalue weighted by molar-refractivity contribution is 0.102. The van der Waals surface area contributed by atoms with Gasteiger partial charge in [-0.05, 0) is 49.9 Å². The fraction of sp³-hybridized carbons (Fsp3) is 0.368. The lowest BCUT2D eigenvalue weighted by Gasteiger charge is -2.18. The minimum Gasteiger partial charge on any atom is -0.493 e. The number of rotatable bonds is 5. The van der Waals surface area contributed by atoms with Crippen molar-refractivity contribution in [1.82, 2.24) is 4.98 Å². The molecule has 1 aromatic carbocycles. The summed E-state index contributed by atoms with van der Waals surface area (Å²) in [7, 11) is 1.52. The second-order valence-electron chi connectivity index (χ2n) is 5.77. The Bertz CT molecular complexity index is 797. The van der Waals surface area contributed by atoms with Crippen LogP contribution in [0.25, 0.3) is 0 Å². The molecule has 0 bridgehead atoms. The number of aryl methyl sites for hydroxylation is 4. The van der Waals surface area contributed by atoms with E-state index in [0.29, 0.717) is 27.7 Å². The topological polar surface area (TPSA) is 51.2 Å². The first-order valence-electron chi connectivity index (χ1n) is 8.17. The third-order valence-corrected chi connectivity index (χ3v) is 4.96. The molecule has 4 nitrogen and oxygen atoms in total. The van der Waals surface area contributed by atoms with Crippen molar-refractivity contribution in [2.75, 3.05) is 12.4 Å². The monoisotopic (exact) mass is 424 g/mol. The number of carbonyl (C=O) groups is 1. The molecule has 134 valence electrons. The molecule has 0 fully saturated rings. The van der Waals surface area contributed by atoms with Crippen molar-refractivity contribution in [3.63, 3.8) is 0 Å². The fourth-order valence-electron chi connectivity index (χ4n) is 2.91. The van der Waals surface area contributed by atoms with E-state index < -0.39 is 0 Å². The van der Waals surface area contributed by atoms with E-state index in [9.17, 15) is 4.79 Å². The standard InChI is InChI=1S/C19H22BrClN2O2/c1-6-12-8-14(20)9-13(7-2)17(12)23-19(24)15-10(3)22-11(4)18(25-5)16(15)21/h8-9H,6-7H2,1-5H3,(H,23,24). The smallest absolute Gasteiger partial charge is 0.259 e. The quantitative estimate of drug-likeness (QED) is 0.688. The normalized spacial score (nSPS) is 10.7. The van der Waals surface area contributed by atoms with Gasteiger partial charge in [-0.1, -0.05) is 41.4 Å². The molecule has 0 spiro atoms. The molecule has 2 aromatic rings. The number of pyridine rings is 1. The summed E-state index contributed by atoms with van der Waals surface area (Å²) < 4.78 is 6.30. The van der Waals surface area contributed by atoms with Gasteiger partial charge >= 0.3 is 0 Å². The molecule has 1 amide bonds. The lowest BCUT2D eigenvalue weighted by atomic mass is 10.0. The predicted octanol–water partition coefficient (Wildman–Crippen LogP) is 5.50. The number of aromatic nitrogens is 1. The number of nitrogens with one attached hydrogen (secondary N) is 1. The minimum atomic E-state index is -0.278. The van der Waals surface area contributed by atoms with Gasteiger partial charge < -0.3 is 10.1 Å². The second kappa shape index (κ2) is 8.19. The van der Waals surface area contributed by atoms with Crippen molar-refractivity contribution in [1.29, 1.82) is 0 Å². The number of benzene rings is 1. The third kappa shape index (κ3) is 3.98. The number of nitrogens with zero attached hydrogens (tertiary/aromatic N) is 1. The summed E-state index contributed by atoms with van der Waals surface area (Å²) in [6, 6.07) is 4.05. The van der Waals surface area contributed by atoms with E-state index in [1.807, 2.05) is 12.1 Å². The molecule has 0 aliphatic rings. The molecule has 1 aromatic heterocycles. The Kier molecular flexibility index (Phi) is 6.47. The van der Waals surface area contributed by atoms with E-state index in [0.717, 1.165) is 34.1 Å². The van der Waals surface area contributed by atoms with E-state index in [-0.39, 0.29) is 5.91 Å². The maximum atomic E-state index is 13.0. The third-order valence-electron chi connectivity index (χ3n) is 4.14. The van der Waals surface area contributed by atoms with E-state index in [1.54, 1.807) is 13.8 Å². The van der Waals surface area contributed by atoms with E-state index >= 15 is 0 Å². The summed E-state index contributed by atoms with van der Waals surface area (Å²) in [6.45, 7) is 7.70. The largest absolute Gasteiger partial charge is 0.493 e. The maximum absolute atomic E-state index is 13.0. The Hall–Kier alpha value is -1.59. The predicted molar refractivity (Wildman–Crippen MR) is 106 cm³/mol. The van der Waals surface area contributed by atoms with Gasteiger partial charge in [0, 0.05) is 10.2 Å². The highest BCUT2D eigenvalue weighted by Crippen LogP contribution is 2.34. The molecule has 0 saturated heterocycles. The Morgan fingerprint density at radius 1 is 1.20 bits per heavy atom. The van der Waals surface area contributed by atoms with Crippen molar-refractivity contribution in [3.8, 4) is 5.75 Å². The number of carbonyl (C=O) groups excluding carboxylic acids is 1. The van der Waals surface area contributed by atoms with E-state index in [4.69, 9.17) is 16.3 Å². The second-order valence-corrected chi connectivity index (χ2v) is 7.06. The Labute approximate surface area is 162 Å². The average molecular weight is 426 g/mol. The Morgan fingerprint density at radius 2 is 1.76 bits per heavy atom. The molecule has 1 heterocycles. The number of hydrogen-bond acceptors (Lipinski definition) is 3. The lowest BCUT2D eigenvalue weighted by Crippen LogP contribution is -2.18. The molecule has 0 aliphatic carbocycles. The van der Waals surface area contributed by atoms with Gasteiger partial charge in [-0.3, -0.25) is 9.78 Å². The van der Waals surface area contributed by atoms with Crippen LogP contribution in [0, 0.1) is 13.8 Å². The van der Waals surface area contributed by atoms with Crippen LogP contribution in [-0.4, -0.2) is 18.0 Å². The molecule has 0 aliphatic heterocycles. The highest BCUT2D eigenvalue weighted by Gasteiger charge is 2.22. The van der Waals surface area contributed by atoms with Crippen LogP contribution in [0.3, 0.4) is 0 Å². The SMILES string of the molecule is CCc1cc(Br)cc(CC)c1NC(=O)c1c(C)nc(C)c(OC)c1Cl. The molecule has 6 heteroatoms. The van der Waals surface area contributed by atoms with Gasteiger partial charge in [0.15, 0.2) is 5.75 Å². The van der Waals surface area contributed by atoms with Crippen LogP contribution in [-0.2, 0) is 12.8 Å². The molecule has 0 unspecified atom stereocenters. The maximum Gasteiger partial charge on any atom is 0.259 e. The molecule has 25 heavy (non-hydrogen) atoms. The summed E-state index contributed by atoms with van der Waals surface area (Å²) >= 11 is 9.95. The van der Waals surface area contributed by atoms with Crippen molar-refractivity contribution in [2.45, 2.75) is 40.5 Å². The molecule has 0 saturated carbocycles. The molecular formula is C19H22BrClN2O2. The number of methoxy groups -OCH3 is 1. The summed E-state index contributed by atoms with van der Waals surface area (Å²) in [4.78, 5) is 17.3. The summed E-state index contributed by atoms with van der Waals surface area (Å²) in [5.74, 6) is 0.152. The van der Waals surface area contributed by atoms with Gasteiger partial charge in [0.2, 0.25) is 0 Å². The highest BCUT2D eigenvalue weighted by atomic mass is 79.9. The number of anilines is 1. The van der Waals surface area contributed by atoms with Crippen molar-refractivity contribution in [3.05, 3.63) is 49.7 Å². The fourth-order valence-corrected chi connectivity index (χ4v) is 3.90. The number of hydrogen-bond donors (Lipinski definition) is 1. The summed E-state index contributed by atoms with van der Waals surface area (Å²) in [5, 5.41) is 3.33. The molecule has 0 atom stereocenters. The first kappa shape index (κ1) is 19.7. The molecular weight excluding hydrogens is 404 g/mol. The van der Waals surface area contributed by atoms with Crippen molar-refractivity contribution >= 4 is 39.1 Å². The molecule has 2 rings (SSSR count). The Balaban J connectivity index is 2.52. The van der Waals surface area contributed by atoms with Crippen LogP contribution in [0.5, 0.6) is 5.75 Å². The van der Waals surface area contributed by atoms with E-state index in [2.05, 4.69) is 40.1 Å². The van der Waals surface area contributed by atoms with Gasteiger partial charge in [-0.15, -0.1) is 0 Å². The first-order valence-corrected chi connectivity index (χ1v) is 9.34. The first-order chi connectivity index (χ1) is 11.8. The zero-order valence-corrected chi connectivity index (χ0v) is 17.4. The van der Waals surface area contributed by atoms with Gasteiger partial charge in [-0.25, -0.2) is 0 Å². The summed E-state index contributed by atoms with van der Waals surface area (Å²) in [6.07, 6.45) is 1.62. The van der Waals surface area contributed by atoms with Crippen LogP contribution in [0.2, 0.25) is 5.02 Å². The minimum absolute atomic E-state index is 0.278. The zero-order chi connectivity index (χ0) is 18.7.